The van der Waals surface area contributed by atoms with Crippen molar-refractivity contribution in [1.29, 1.82) is 0 Å². The molecule has 0 radical (unpaired) electrons. The second kappa shape index (κ2) is 41.8. The van der Waals surface area contributed by atoms with Crippen LogP contribution in [0.5, 0.6) is 0 Å². The SMILES string of the molecule is CCCCCCCC/C=C/CCCCCCCCOC(=O)C1=C(C[n+]2ccccc2)NC(C[n+]2ccccc2)=C(C(=O)OCCCCCCCC/C=C/CCCCCCCC)C1c1ccccc1.[Br-].[Br-]. The van der Waals surface area contributed by atoms with E-state index < -0.39 is 17.9 Å². The highest BCUT2D eigenvalue weighted by molar-refractivity contribution is 6.00. The van der Waals surface area contributed by atoms with Gasteiger partial charge in [-0.3, -0.25) is 0 Å². The van der Waals surface area contributed by atoms with Crippen LogP contribution in [0.4, 0.5) is 0 Å². The molecule has 0 saturated carbocycles. The lowest BCUT2D eigenvalue weighted by molar-refractivity contribution is -0.692. The molecule has 0 fully saturated rings. The Labute approximate surface area is 446 Å². The highest BCUT2D eigenvalue weighted by atomic mass is 79.9. The average molecular weight is 1090 g/mol. The Balaban J connectivity index is 0.00000840. The number of nitrogens with zero attached hydrogens (tertiary/aromatic N) is 2. The van der Waals surface area contributed by atoms with Gasteiger partial charge in [0.05, 0.1) is 41.7 Å². The zero-order valence-corrected chi connectivity index (χ0v) is 46.6. The summed E-state index contributed by atoms with van der Waals surface area (Å²) < 4.78 is 16.4. The molecule has 3 heterocycles. The van der Waals surface area contributed by atoms with Crippen LogP contribution in [-0.4, -0.2) is 25.2 Å². The first-order chi connectivity index (χ1) is 33.6. The van der Waals surface area contributed by atoms with Gasteiger partial charge >= 0.3 is 11.9 Å². The monoisotopic (exact) mass is 1090 g/mol. The second-order valence-corrected chi connectivity index (χ2v) is 19.0. The van der Waals surface area contributed by atoms with Gasteiger partial charge in [-0.2, -0.15) is 9.13 Å². The fourth-order valence-corrected chi connectivity index (χ4v) is 9.15. The Morgan fingerprint density at radius 3 is 1.11 bits per heavy atom. The van der Waals surface area contributed by atoms with Crippen molar-refractivity contribution >= 4 is 11.9 Å². The summed E-state index contributed by atoms with van der Waals surface area (Å²) in [6.45, 7) is 6.03. The molecule has 9 heteroatoms. The van der Waals surface area contributed by atoms with E-state index in [1.807, 2.05) is 101 Å². The van der Waals surface area contributed by atoms with E-state index in [-0.39, 0.29) is 34.0 Å². The number of hydrogen-bond acceptors (Lipinski definition) is 5. The Bertz CT molecular complexity index is 1780. The summed E-state index contributed by atoms with van der Waals surface area (Å²) in [6.07, 6.45) is 51.6. The lowest BCUT2D eigenvalue weighted by atomic mass is 9.80. The number of carbonyl (C=O) groups is 2. The van der Waals surface area contributed by atoms with Gasteiger partial charge in [-0.25, -0.2) is 9.59 Å². The highest BCUT2D eigenvalue weighted by Gasteiger charge is 2.41. The predicted molar refractivity (Wildman–Crippen MR) is 280 cm³/mol. The number of aromatic nitrogens is 2. The standard InChI is InChI=1S/C61H90N3O4.2BrH/c1-3-5-7-9-11-13-15-17-19-21-23-25-27-29-31-42-50-67-60(65)58-55(52-63-46-38-34-39-47-63)62-56(53-64-48-40-35-41-49-64)59(57(58)54-44-36-33-37-45-54)61(66)68-51-43-32-30-28-26-24-22-20-18-16-14-12-10-8-6-4-2;;/h17-20,33-41,44-49,57H,3-16,21-32,42-43,50-53H2,1-2H3;2*1H/q+1;;/p-1/b19-17+,20-18+;;. The van der Waals surface area contributed by atoms with E-state index in [0.717, 1.165) is 68.3 Å². The maximum Gasteiger partial charge on any atom is 0.337 e. The number of carbonyl (C=O) groups excluding carboxylic acids is 2. The zero-order chi connectivity index (χ0) is 48.0. The lowest BCUT2D eigenvalue weighted by Crippen LogP contribution is -3.00. The molecule has 0 amide bonds. The molecule has 1 aliphatic heterocycles. The minimum Gasteiger partial charge on any atom is -1.00 e. The first-order valence-electron chi connectivity index (χ1n) is 27.4. The fourth-order valence-electron chi connectivity index (χ4n) is 9.15. The third kappa shape index (κ3) is 26.6. The van der Waals surface area contributed by atoms with Crippen molar-refractivity contribution in [3.63, 3.8) is 0 Å². The molecule has 1 aromatic carbocycles. The van der Waals surface area contributed by atoms with Crippen molar-refractivity contribution in [2.75, 3.05) is 13.2 Å². The van der Waals surface area contributed by atoms with E-state index >= 15 is 0 Å². The number of hydrogen-bond donors (Lipinski definition) is 1. The molecular formula is C61H91Br2N3O4. The first-order valence-corrected chi connectivity index (χ1v) is 27.4. The number of allylic oxidation sites excluding steroid dienone is 6. The summed E-state index contributed by atoms with van der Waals surface area (Å²) in [5.41, 5.74) is 3.22. The molecule has 0 bridgehead atoms. The maximum absolute atomic E-state index is 14.6. The van der Waals surface area contributed by atoms with Crippen molar-refractivity contribution in [2.45, 2.75) is 213 Å². The minimum absolute atomic E-state index is 0. The van der Waals surface area contributed by atoms with Crippen molar-refractivity contribution in [1.82, 2.24) is 5.32 Å². The van der Waals surface area contributed by atoms with Gasteiger partial charge in [-0.05, 0) is 69.8 Å². The van der Waals surface area contributed by atoms with Crippen LogP contribution in [-0.2, 0) is 32.2 Å². The quantitative estimate of drug-likeness (QED) is 0.0268. The van der Waals surface area contributed by atoms with Crippen molar-refractivity contribution in [2.24, 2.45) is 0 Å². The number of benzene rings is 1. The number of rotatable bonds is 39. The normalized spacial score (nSPS) is 12.8. The topological polar surface area (TPSA) is 72.4 Å². The maximum atomic E-state index is 14.6. The van der Waals surface area contributed by atoms with Crippen molar-refractivity contribution in [3.05, 3.63) is 144 Å². The van der Waals surface area contributed by atoms with E-state index in [2.05, 4.69) is 43.5 Å². The Hall–Kier alpha value is -3.82. The summed E-state index contributed by atoms with van der Waals surface area (Å²) in [4.78, 5) is 29.2. The molecule has 0 spiro atoms. The van der Waals surface area contributed by atoms with Crippen molar-refractivity contribution in [3.8, 4) is 0 Å². The van der Waals surface area contributed by atoms with Gasteiger partial charge in [0.15, 0.2) is 37.9 Å². The largest absolute Gasteiger partial charge is 1.00 e. The molecule has 4 rings (SSSR count). The smallest absolute Gasteiger partial charge is 0.337 e. The van der Waals surface area contributed by atoms with Gasteiger partial charge < -0.3 is 48.8 Å². The molecule has 0 atom stereocenters. The van der Waals surface area contributed by atoms with E-state index in [1.54, 1.807) is 0 Å². The Morgan fingerprint density at radius 2 is 0.757 bits per heavy atom. The van der Waals surface area contributed by atoms with Gasteiger partial charge in [-0.1, -0.05) is 196 Å². The number of unbranched alkanes of at least 4 members (excludes halogenated alkanes) is 24. The molecule has 0 saturated heterocycles. The minimum atomic E-state index is -0.671. The third-order valence-electron chi connectivity index (χ3n) is 13.1. The molecule has 0 aliphatic carbocycles. The molecule has 70 heavy (non-hydrogen) atoms. The summed E-state index contributed by atoms with van der Waals surface area (Å²) in [6, 6.07) is 21.8. The number of dihydropyridines is 1. The number of nitrogens with one attached hydrogen (secondary N) is 1. The Morgan fingerprint density at radius 1 is 0.443 bits per heavy atom. The number of esters is 2. The van der Waals surface area contributed by atoms with E-state index in [4.69, 9.17) is 9.47 Å². The van der Waals surface area contributed by atoms with Gasteiger partial charge in [0.2, 0.25) is 0 Å². The molecule has 1 aliphatic rings. The van der Waals surface area contributed by atoms with Crippen LogP contribution in [0.25, 0.3) is 0 Å². The van der Waals surface area contributed by atoms with Gasteiger partial charge in [-0.15, -0.1) is 0 Å². The summed E-state index contributed by atoms with van der Waals surface area (Å²) >= 11 is 0. The van der Waals surface area contributed by atoms with E-state index in [9.17, 15) is 9.59 Å². The van der Waals surface area contributed by atoms with Gasteiger partial charge in [0, 0.05) is 24.3 Å². The Kier molecular flexibility index (Phi) is 37.2. The first kappa shape index (κ1) is 62.3. The summed E-state index contributed by atoms with van der Waals surface area (Å²) in [7, 11) is 0. The van der Waals surface area contributed by atoms with Crippen molar-refractivity contribution < 1.29 is 62.2 Å². The van der Waals surface area contributed by atoms with Gasteiger partial charge in [0.1, 0.15) is 0 Å². The third-order valence-corrected chi connectivity index (χ3v) is 13.1. The fraction of sp³-hybridized carbons (Fsp3) is 0.574. The number of halogens is 2. The number of ether oxygens (including phenoxy) is 2. The highest BCUT2D eigenvalue weighted by Crippen LogP contribution is 2.40. The van der Waals surface area contributed by atoms with Crippen LogP contribution in [0.15, 0.2) is 138 Å². The molecule has 2 aromatic heterocycles. The second-order valence-electron chi connectivity index (χ2n) is 19.0. The lowest BCUT2D eigenvalue weighted by Gasteiger charge is -2.31. The van der Waals surface area contributed by atoms with E-state index in [1.165, 1.54) is 128 Å². The van der Waals surface area contributed by atoms with Crippen LogP contribution < -0.4 is 48.4 Å². The van der Waals surface area contributed by atoms with Crippen LogP contribution in [0.1, 0.15) is 205 Å². The molecule has 0 unspecified atom stereocenters. The number of pyridine rings is 2. The molecule has 1 N–H and O–H groups in total. The van der Waals surface area contributed by atoms with Crippen LogP contribution in [0, 0.1) is 0 Å². The molecule has 388 valence electrons. The predicted octanol–water partition coefficient (Wildman–Crippen LogP) is 9.03. The molecule has 3 aromatic rings. The average Bonchev–Trinajstić information content (AvgIpc) is 3.36. The molecule has 7 nitrogen and oxygen atoms in total. The summed E-state index contributed by atoms with van der Waals surface area (Å²) in [5.74, 6) is -1.46. The van der Waals surface area contributed by atoms with E-state index in [0.29, 0.717) is 37.4 Å². The van der Waals surface area contributed by atoms with Crippen LogP contribution in [0.3, 0.4) is 0 Å². The summed E-state index contributed by atoms with van der Waals surface area (Å²) in [5, 5.41) is 3.64. The van der Waals surface area contributed by atoms with Crippen LogP contribution in [0.2, 0.25) is 0 Å². The van der Waals surface area contributed by atoms with Crippen LogP contribution >= 0.6 is 0 Å². The van der Waals surface area contributed by atoms with Gasteiger partial charge in [0.25, 0.3) is 0 Å². The molecular weight excluding hydrogens is 998 g/mol. The zero-order valence-electron chi connectivity index (χ0n) is 43.5.